The van der Waals surface area contributed by atoms with Gasteiger partial charge in [-0.05, 0) is 24.6 Å². The summed E-state index contributed by atoms with van der Waals surface area (Å²) in [5, 5.41) is 18.7. The maximum atomic E-state index is 11.9. The van der Waals surface area contributed by atoms with Crippen LogP contribution in [0.2, 0.25) is 0 Å². The van der Waals surface area contributed by atoms with Crippen molar-refractivity contribution < 1.29 is 15.0 Å². The van der Waals surface area contributed by atoms with Crippen molar-refractivity contribution in [1.29, 1.82) is 0 Å². The fourth-order valence-corrected chi connectivity index (χ4v) is 1.79. The van der Waals surface area contributed by atoms with Gasteiger partial charge in [0, 0.05) is 18.7 Å². The van der Waals surface area contributed by atoms with Crippen molar-refractivity contribution in [2.75, 3.05) is 18.8 Å². The van der Waals surface area contributed by atoms with Crippen molar-refractivity contribution in [3.63, 3.8) is 0 Å². The number of nitrogen functional groups attached to an aromatic ring is 1. The van der Waals surface area contributed by atoms with Crippen molar-refractivity contribution in [3.8, 4) is 5.75 Å². The fraction of sp³-hybridized carbons (Fsp3) is 0.364. The van der Waals surface area contributed by atoms with Crippen LogP contribution in [-0.4, -0.2) is 40.2 Å². The average Bonchev–Trinajstić information content (AvgIpc) is 2.68. The maximum Gasteiger partial charge on any atom is 0.254 e. The zero-order valence-corrected chi connectivity index (χ0v) is 8.76. The highest BCUT2D eigenvalue weighted by atomic mass is 16.3. The third kappa shape index (κ3) is 1.94. The van der Waals surface area contributed by atoms with Crippen LogP contribution < -0.4 is 5.73 Å². The molecule has 1 aliphatic heterocycles. The number of nitrogens with zero attached hydrogens (tertiary/aromatic N) is 1. The predicted molar refractivity (Wildman–Crippen MR) is 59.0 cm³/mol. The molecule has 1 atom stereocenters. The second-order valence-corrected chi connectivity index (χ2v) is 3.97. The number of aliphatic hydroxyl groups is 1. The highest BCUT2D eigenvalue weighted by molar-refractivity contribution is 5.95. The molecule has 0 bridgehead atoms. The molecule has 16 heavy (non-hydrogen) atoms. The van der Waals surface area contributed by atoms with E-state index >= 15 is 0 Å². The first-order valence-electron chi connectivity index (χ1n) is 5.14. The van der Waals surface area contributed by atoms with Crippen LogP contribution in [0.1, 0.15) is 16.8 Å². The number of carbonyl (C=O) groups excluding carboxylic acids is 1. The van der Waals surface area contributed by atoms with Crippen molar-refractivity contribution in [2.45, 2.75) is 12.5 Å². The number of hydrogen-bond acceptors (Lipinski definition) is 4. The molecule has 5 nitrogen and oxygen atoms in total. The Bertz CT molecular complexity index is 420. The SMILES string of the molecule is Nc1ccc(C(=O)N2CCC(O)C2)cc1O. The fourth-order valence-electron chi connectivity index (χ4n) is 1.79. The van der Waals surface area contributed by atoms with Crippen molar-refractivity contribution in [1.82, 2.24) is 4.90 Å². The second kappa shape index (κ2) is 4.02. The van der Waals surface area contributed by atoms with Crippen LogP contribution in [0.4, 0.5) is 5.69 Å². The van der Waals surface area contributed by atoms with Crippen LogP contribution in [0.5, 0.6) is 5.75 Å². The van der Waals surface area contributed by atoms with Crippen molar-refractivity contribution >= 4 is 11.6 Å². The summed E-state index contributed by atoms with van der Waals surface area (Å²) in [5.74, 6) is -0.280. The topological polar surface area (TPSA) is 86.8 Å². The summed E-state index contributed by atoms with van der Waals surface area (Å²) in [4.78, 5) is 13.5. The number of anilines is 1. The first kappa shape index (κ1) is 10.8. The number of likely N-dealkylation sites (tertiary alicyclic amines) is 1. The first-order chi connectivity index (χ1) is 7.58. The third-order valence-corrected chi connectivity index (χ3v) is 2.73. The summed E-state index contributed by atoms with van der Waals surface area (Å²) in [7, 11) is 0. The highest BCUT2D eigenvalue weighted by Crippen LogP contribution is 2.22. The van der Waals surface area contributed by atoms with Gasteiger partial charge in [-0.2, -0.15) is 0 Å². The lowest BCUT2D eigenvalue weighted by molar-refractivity contribution is 0.0764. The molecule has 4 N–H and O–H groups in total. The van der Waals surface area contributed by atoms with Gasteiger partial charge in [0.25, 0.3) is 5.91 Å². The molecule has 1 fully saturated rings. The molecule has 1 amide bonds. The number of hydrogen-bond donors (Lipinski definition) is 3. The lowest BCUT2D eigenvalue weighted by Gasteiger charge is -2.15. The predicted octanol–water partition coefficient (Wildman–Crippen LogP) is 0.181. The Kier molecular flexibility index (Phi) is 2.70. The maximum absolute atomic E-state index is 11.9. The number of aromatic hydroxyl groups is 1. The Balaban J connectivity index is 2.18. The Morgan fingerprint density at radius 1 is 1.50 bits per heavy atom. The number of rotatable bonds is 1. The molecule has 0 aromatic heterocycles. The summed E-state index contributed by atoms with van der Waals surface area (Å²) >= 11 is 0. The molecule has 1 saturated heterocycles. The molecule has 1 aromatic rings. The molecular weight excluding hydrogens is 208 g/mol. The van der Waals surface area contributed by atoms with Gasteiger partial charge in [0.05, 0.1) is 11.8 Å². The molecule has 0 radical (unpaired) electrons. The Labute approximate surface area is 93.1 Å². The average molecular weight is 222 g/mol. The molecule has 1 heterocycles. The van der Waals surface area contributed by atoms with Gasteiger partial charge in [-0.1, -0.05) is 0 Å². The number of phenolic OH excluding ortho intramolecular Hbond substituents is 1. The minimum atomic E-state index is -0.439. The van der Waals surface area contributed by atoms with E-state index in [1.165, 1.54) is 12.1 Å². The quantitative estimate of drug-likeness (QED) is 0.467. The molecule has 2 rings (SSSR count). The second-order valence-electron chi connectivity index (χ2n) is 3.97. The lowest BCUT2D eigenvalue weighted by atomic mass is 10.1. The number of nitrogens with two attached hydrogens (primary N) is 1. The highest BCUT2D eigenvalue weighted by Gasteiger charge is 2.25. The van der Waals surface area contributed by atoms with E-state index in [0.717, 1.165) is 0 Å². The van der Waals surface area contributed by atoms with Crippen LogP contribution >= 0.6 is 0 Å². The van der Waals surface area contributed by atoms with Crippen LogP contribution in [0.3, 0.4) is 0 Å². The molecule has 1 aromatic carbocycles. The summed E-state index contributed by atoms with van der Waals surface area (Å²) < 4.78 is 0. The Morgan fingerprint density at radius 3 is 2.81 bits per heavy atom. The Hall–Kier alpha value is -1.75. The van der Waals surface area contributed by atoms with E-state index in [1.54, 1.807) is 11.0 Å². The standard InChI is InChI=1S/C11H14N2O3/c12-9-2-1-7(5-10(9)15)11(16)13-4-3-8(14)6-13/h1-2,5,8,14-15H,3-4,6,12H2. The monoisotopic (exact) mass is 222 g/mol. The van der Waals surface area contributed by atoms with Gasteiger partial charge < -0.3 is 20.8 Å². The van der Waals surface area contributed by atoms with Gasteiger partial charge in [-0.25, -0.2) is 0 Å². The van der Waals surface area contributed by atoms with Crippen LogP contribution in [0, 0.1) is 0 Å². The molecule has 0 spiro atoms. The minimum Gasteiger partial charge on any atom is -0.506 e. The van der Waals surface area contributed by atoms with E-state index in [-0.39, 0.29) is 17.3 Å². The van der Waals surface area contributed by atoms with E-state index < -0.39 is 6.10 Å². The van der Waals surface area contributed by atoms with Crippen LogP contribution in [-0.2, 0) is 0 Å². The molecule has 0 aliphatic carbocycles. The largest absolute Gasteiger partial charge is 0.506 e. The zero-order chi connectivity index (χ0) is 11.7. The Morgan fingerprint density at radius 2 is 2.25 bits per heavy atom. The van der Waals surface area contributed by atoms with Crippen LogP contribution in [0.15, 0.2) is 18.2 Å². The molecule has 5 heteroatoms. The van der Waals surface area contributed by atoms with Gasteiger partial charge in [0.2, 0.25) is 0 Å². The van der Waals surface area contributed by atoms with Gasteiger partial charge >= 0.3 is 0 Å². The number of β-amino-alcohol motifs (C(OH)–C–C–N with tert-alkyl or cyclic N) is 1. The van der Waals surface area contributed by atoms with Gasteiger partial charge in [-0.15, -0.1) is 0 Å². The molecule has 1 unspecified atom stereocenters. The minimum absolute atomic E-state index is 0.0920. The van der Waals surface area contributed by atoms with E-state index in [2.05, 4.69) is 0 Å². The lowest BCUT2D eigenvalue weighted by Crippen LogP contribution is -2.29. The molecular formula is C11H14N2O3. The number of aliphatic hydroxyl groups excluding tert-OH is 1. The molecule has 86 valence electrons. The smallest absolute Gasteiger partial charge is 0.254 e. The summed E-state index contributed by atoms with van der Waals surface area (Å²) in [6.07, 6.45) is 0.165. The van der Waals surface area contributed by atoms with E-state index in [4.69, 9.17) is 5.73 Å². The van der Waals surface area contributed by atoms with Crippen molar-refractivity contribution in [2.24, 2.45) is 0 Å². The summed E-state index contributed by atoms with van der Waals surface area (Å²) in [5.41, 5.74) is 6.09. The summed E-state index contributed by atoms with van der Waals surface area (Å²) in [6, 6.07) is 4.42. The summed E-state index contributed by atoms with van der Waals surface area (Å²) in [6.45, 7) is 0.898. The zero-order valence-electron chi connectivity index (χ0n) is 8.76. The van der Waals surface area contributed by atoms with Crippen LogP contribution in [0.25, 0.3) is 0 Å². The first-order valence-corrected chi connectivity index (χ1v) is 5.14. The van der Waals surface area contributed by atoms with E-state index in [1.807, 2.05) is 0 Å². The number of phenols is 1. The molecule has 0 saturated carbocycles. The van der Waals surface area contributed by atoms with E-state index in [9.17, 15) is 15.0 Å². The van der Waals surface area contributed by atoms with Gasteiger partial charge in [0.15, 0.2) is 0 Å². The number of benzene rings is 1. The van der Waals surface area contributed by atoms with E-state index in [0.29, 0.717) is 25.1 Å². The molecule has 1 aliphatic rings. The normalized spacial score (nSPS) is 20.1. The van der Waals surface area contributed by atoms with Gasteiger partial charge in [0.1, 0.15) is 5.75 Å². The van der Waals surface area contributed by atoms with Gasteiger partial charge in [-0.3, -0.25) is 4.79 Å². The number of carbonyl (C=O) groups is 1. The number of amides is 1. The van der Waals surface area contributed by atoms with Crippen molar-refractivity contribution in [3.05, 3.63) is 23.8 Å². The third-order valence-electron chi connectivity index (χ3n) is 2.73.